The Morgan fingerprint density at radius 3 is 2.88 bits per heavy atom. The fourth-order valence-corrected chi connectivity index (χ4v) is 1.83. The normalized spacial score (nSPS) is 10.8. The number of nitrogens with zero attached hydrogens (tertiary/aromatic N) is 1. The van der Waals surface area contributed by atoms with Gasteiger partial charge in [-0.25, -0.2) is 4.98 Å². The lowest BCUT2D eigenvalue weighted by molar-refractivity contribution is 0.180. The van der Waals surface area contributed by atoms with E-state index in [2.05, 4.69) is 9.97 Å². The topological polar surface area (TPSA) is 68.1 Å². The average Bonchev–Trinajstić information content (AvgIpc) is 2.71. The predicted octanol–water partition coefficient (Wildman–Crippen LogP) is 2.09. The quantitative estimate of drug-likeness (QED) is 0.865. The summed E-state index contributed by atoms with van der Waals surface area (Å²) >= 11 is 1.95. The van der Waals surface area contributed by atoms with Crippen molar-refractivity contribution < 1.29 is 9.15 Å². The van der Waals surface area contributed by atoms with E-state index in [1.165, 1.54) is 0 Å². The van der Waals surface area contributed by atoms with Crippen LogP contribution in [-0.2, 0) is 11.3 Å². The Morgan fingerprint density at radius 2 is 2.29 bits per heavy atom. The van der Waals surface area contributed by atoms with Crippen LogP contribution in [0, 0.1) is 10.5 Å². The first-order valence-electron chi connectivity index (χ1n) is 4.96. The van der Waals surface area contributed by atoms with Gasteiger partial charge in [-0.2, -0.15) is 0 Å². The molecule has 0 amide bonds. The van der Waals surface area contributed by atoms with Crippen molar-refractivity contribution >= 4 is 22.6 Å². The summed E-state index contributed by atoms with van der Waals surface area (Å²) in [5.41, 5.74) is 0.428. The second kappa shape index (κ2) is 5.01. The van der Waals surface area contributed by atoms with Gasteiger partial charge in [0.05, 0.1) is 12.3 Å². The maximum absolute atomic E-state index is 11.7. The van der Waals surface area contributed by atoms with Crippen molar-refractivity contribution in [1.82, 2.24) is 9.97 Å². The summed E-state index contributed by atoms with van der Waals surface area (Å²) in [7, 11) is 1.57. The highest BCUT2D eigenvalue weighted by Crippen LogP contribution is 2.18. The molecular formula is C11H11IN2O3. The molecule has 0 aliphatic carbocycles. The fourth-order valence-electron chi connectivity index (χ4n) is 1.42. The highest BCUT2D eigenvalue weighted by atomic mass is 127. The van der Waals surface area contributed by atoms with Crippen molar-refractivity contribution in [2.24, 2.45) is 0 Å². The Kier molecular flexibility index (Phi) is 3.63. The van der Waals surface area contributed by atoms with E-state index >= 15 is 0 Å². The number of furan rings is 1. The van der Waals surface area contributed by atoms with Gasteiger partial charge in [0.25, 0.3) is 5.56 Å². The Balaban J connectivity index is 2.52. The molecular weight excluding hydrogens is 335 g/mol. The molecule has 90 valence electrons. The largest absolute Gasteiger partial charge is 0.458 e. The van der Waals surface area contributed by atoms with Crippen LogP contribution in [0.3, 0.4) is 0 Å². The summed E-state index contributed by atoms with van der Waals surface area (Å²) in [5.74, 6) is 1.75. The van der Waals surface area contributed by atoms with Crippen LogP contribution < -0.4 is 5.56 Å². The first-order valence-corrected chi connectivity index (χ1v) is 6.04. The molecule has 1 N–H and O–H groups in total. The number of nitrogens with one attached hydrogen (secondary N) is 1. The number of hydrogen-bond donors (Lipinski definition) is 1. The number of H-pyrrole nitrogens is 1. The third-order valence-electron chi connectivity index (χ3n) is 2.19. The van der Waals surface area contributed by atoms with E-state index in [4.69, 9.17) is 9.15 Å². The summed E-state index contributed by atoms with van der Waals surface area (Å²) in [5, 5.41) is 0. The molecule has 2 heterocycles. The molecule has 0 spiro atoms. The molecule has 2 aromatic heterocycles. The van der Waals surface area contributed by atoms with Gasteiger partial charge in [0.1, 0.15) is 9.33 Å². The molecule has 6 heteroatoms. The molecule has 2 rings (SSSR count). The lowest BCUT2D eigenvalue weighted by Crippen LogP contribution is -2.16. The molecule has 0 radical (unpaired) electrons. The lowest BCUT2D eigenvalue weighted by Gasteiger charge is -2.04. The molecule has 17 heavy (non-hydrogen) atoms. The Bertz CT molecular complexity index is 589. The summed E-state index contributed by atoms with van der Waals surface area (Å²) in [4.78, 5) is 18.7. The third kappa shape index (κ3) is 2.58. The van der Waals surface area contributed by atoms with E-state index in [0.29, 0.717) is 27.5 Å². The van der Waals surface area contributed by atoms with E-state index in [1.54, 1.807) is 13.2 Å². The molecule has 0 aliphatic rings. The van der Waals surface area contributed by atoms with Crippen LogP contribution in [0.25, 0.3) is 11.6 Å². The van der Waals surface area contributed by atoms with Crippen LogP contribution in [0.1, 0.15) is 11.5 Å². The number of rotatable bonds is 3. The van der Waals surface area contributed by atoms with E-state index in [1.807, 2.05) is 35.6 Å². The second-order valence-corrected chi connectivity index (χ2v) is 4.60. The smallest absolute Gasteiger partial charge is 0.265 e. The van der Waals surface area contributed by atoms with Gasteiger partial charge < -0.3 is 14.1 Å². The zero-order valence-corrected chi connectivity index (χ0v) is 11.6. The minimum Gasteiger partial charge on any atom is -0.458 e. The molecule has 0 aliphatic heterocycles. The van der Waals surface area contributed by atoms with E-state index in [0.717, 1.165) is 5.76 Å². The van der Waals surface area contributed by atoms with Crippen LogP contribution in [-0.4, -0.2) is 17.1 Å². The van der Waals surface area contributed by atoms with Crippen LogP contribution in [0.5, 0.6) is 0 Å². The Hall–Kier alpha value is -1.15. The molecule has 5 nitrogen and oxygen atoms in total. The summed E-state index contributed by atoms with van der Waals surface area (Å²) in [6.07, 6.45) is 0. The first-order chi connectivity index (χ1) is 8.11. The number of aromatic nitrogens is 2. The van der Waals surface area contributed by atoms with Gasteiger partial charge >= 0.3 is 0 Å². The molecule has 2 aromatic rings. The van der Waals surface area contributed by atoms with Crippen LogP contribution in [0.2, 0.25) is 0 Å². The Morgan fingerprint density at radius 1 is 1.53 bits per heavy atom. The highest BCUT2D eigenvalue weighted by Gasteiger charge is 2.12. The number of methoxy groups -OCH3 is 1. The molecule has 0 unspecified atom stereocenters. The van der Waals surface area contributed by atoms with Crippen molar-refractivity contribution in [2.45, 2.75) is 13.5 Å². The third-order valence-corrected chi connectivity index (χ3v) is 3.30. The molecule has 0 fully saturated rings. The molecule has 0 saturated heterocycles. The van der Waals surface area contributed by atoms with E-state index in [9.17, 15) is 4.79 Å². The van der Waals surface area contributed by atoms with Gasteiger partial charge in [0.2, 0.25) is 0 Å². The number of ether oxygens (including phenoxy) is 1. The Labute approximate surface area is 111 Å². The van der Waals surface area contributed by atoms with Gasteiger partial charge in [0.15, 0.2) is 11.6 Å². The van der Waals surface area contributed by atoms with Crippen molar-refractivity contribution in [3.63, 3.8) is 0 Å². The molecule has 0 aromatic carbocycles. The van der Waals surface area contributed by atoms with Crippen molar-refractivity contribution in [3.8, 4) is 11.6 Å². The van der Waals surface area contributed by atoms with Gasteiger partial charge in [-0.1, -0.05) is 0 Å². The van der Waals surface area contributed by atoms with Gasteiger partial charge in [-0.15, -0.1) is 0 Å². The highest BCUT2D eigenvalue weighted by molar-refractivity contribution is 14.1. The SMILES string of the molecule is COCc1nc(-c2ccc(C)o2)[nH]c(=O)c1I. The van der Waals surface area contributed by atoms with Crippen LogP contribution in [0.15, 0.2) is 21.3 Å². The summed E-state index contributed by atoms with van der Waals surface area (Å²) < 4.78 is 11.0. The molecule has 0 atom stereocenters. The number of halogens is 1. The number of aromatic amines is 1. The average molecular weight is 346 g/mol. The minimum atomic E-state index is -0.184. The summed E-state index contributed by atoms with van der Waals surface area (Å²) in [6.45, 7) is 2.14. The second-order valence-electron chi connectivity index (χ2n) is 3.52. The van der Waals surface area contributed by atoms with Gasteiger partial charge in [-0.05, 0) is 41.6 Å². The standard InChI is InChI=1S/C11H11IN2O3/c1-6-3-4-8(17-6)10-13-7(5-16-2)9(12)11(15)14-10/h3-4H,5H2,1-2H3,(H,13,14,15). The van der Waals surface area contributed by atoms with Gasteiger partial charge in [0, 0.05) is 7.11 Å². The predicted molar refractivity (Wildman–Crippen MR) is 70.7 cm³/mol. The van der Waals surface area contributed by atoms with Crippen molar-refractivity contribution in [2.75, 3.05) is 7.11 Å². The fraction of sp³-hybridized carbons (Fsp3) is 0.273. The first kappa shape index (κ1) is 12.3. The lowest BCUT2D eigenvalue weighted by atomic mass is 10.3. The maximum atomic E-state index is 11.7. The molecule has 0 bridgehead atoms. The van der Waals surface area contributed by atoms with Gasteiger partial charge in [-0.3, -0.25) is 4.79 Å². The zero-order chi connectivity index (χ0) is 12.4. The van der Waals surface area contributed by atoms with Crippen molar-refractivity contribution in [1.29, 1.82) is 0 Å². The van der Waals surface area contributed by atoms with E-state index in [-0.39, 0.29) is 5.56 Å². The van der Waals surface area contributed by atoms with Crippen LogP contribution in [0.4, 0.5) is 0 Å². The maximum Gasteiger partial charge on any atom is 0.265 e. The molecule has 0 saturated carbocycles. The minimum absolute atomic E-state index is 0.184. The zero-order valence-electron chi connectivity index (χ0n) is 9.41. The monoisotopic (exact) mass is 346 g/mol. The summed E-state index contributed by atoms with van der Waals surface area (Å²) in [6, 6.07) is 3.60. The van der Waals surface area contributed by atoms with Crippen LogP contribution >= 0.6 is 22.6 Å². The number of aryl methyl sites for hydroxylation is 1. The van der Waals surface area contributed by atoms with Crippen molar-refractivity contribution in [3.05, 3.63) is 37.5 Å². The number of hydrogen-bond acceptors (Lipinski definition) is 4. The van der Waals surface area contributed by atoms with E-state index < -0.39 is 0 Å².